The van der Waals surface area contributed by atoms with Gasteiger partial charge in [0, 0.05) is 12.0 Å². The summed E-state index contributed by atoms with van der Waals surface area (Å²) in [5.41, 5.74) is 7.73. The van der Waals surface area contributed by atoms with Gasteiger partial charge in [0.05, 0.1) is 0 Å². The summed E-state index contributed by atoms with van der Waals surface area (Å²) in [5, 5.41) is 10.9. The first-order valence-corrected chi connectivity index (χ1v) is 2.02. The van der Waals surface area contributed by atoms with E-state index in [0.29, 0.717) is 0 Å². The average molecular weight is 131 g/mol. The van der Waals surface area contributed by atoms with E-state index in [9.17, 15) is 4.79 Å². The monoisotopic (exact) mass is 131 g/mol. The zero-order valence-corrected chi connectivity index (χ0v) is 4.68. The van der Waals surface area contributed by atoms with Gasteiger partial charge >= 0.3 is 5.97 Å². The lowest BCUT2D eigenvalue weighted by Gasteiger charge is -1.99. The Balaban J connectivity index is 3.98. The molecule has 6 nitrogen and oxygen atoms in total. The molecule has 0 saturated carbocycles. The Morgan fingerprint density at radius 2 is 2.56 bits per heavy atom. The Labute approximate surface area is 50.7 Å². The lowest BCUT2D eigenvalue weighted by atomic mass is 10.6. The maximum atomic E-state index is 9.93. The van der Waals surface area contributed by atoms with Crippen LogP contribution in [0.2, 0.25) is 0 Å². The molecule has 0 aliphatic rings. The van der Waals surface area contributed by atoms with Crippen molar-refractivity contribution in [3.63, 3.8) is 0 Å². The highest BCUT2D eigenvalue weighted by molar-refractivity contribution is 5.71. The van der Waals surface area contributed by atoms with E-state index in [1.165, 1.54) is 0 Å². The molecule has 0 rings (SSSR count). The van der Waals surface area contributed by atoms with Crippen LogP contribution in [0.1, 0.15) is 0 Å². The van der Waals surface area contributed by atoms with Crippen LogP contribution in [0.15, 0.2) is 5.11 Å². The fourth-order valence-electron chi connectivity index (χ4n) is 0.244. The van der Waals surface area contributed by atoms with Gasteiger partial charge in [-0.3, -0.25) is 0 Å². The fourth-order valence-corrected chi connectivity index (χ4v) is 0.244. The molecule has 1 atom stereocenters. The summed E-state index contributed by atoms with van der Waals surface area (Å²) in [6, 6.07) is 0. The first-order chi connectivity index (χ1) is 4.22. The third kappa shape index (κ3) is 2.53. The van der Waals surface area contributed by atoms with E-state index in [1.54, 1.807) is 0 Å². The average Bonchev–Trinajstić information content (AvgIpc) is 1.82. The van der Waals surface area contributed by atoms with E-state index in [2.05, 4.69) is 14.8 Å². The fraction of sp³-hybridized carbons (Fsp3) is 0.667. The van der Waals surface area contributed by atoms with Gasteiger partial charge in [-0.2, -0.15) is 0 Å². The maximum absolute atomic E-state index is 9.93. The minimum absolute atomic E-state index is 1.15. The largest absolute Gasteiger partial charge is 0.479 e. The van der Waals surface area contributed by atoms with Crippen LogP contribution in [-0.4, -0.2) is 24.4 Å². The lowest BCUT2D eigenvalue weighted by Crippen LogP contribution is -2.18. The predicted molar refractivity (Wildman–Crippen MR) is 27.6 cm³/mol. The number of aliphatic carboxylic acids is 1. The van der Waals surface area contributed by atoms with Crippen LogP contribution in [0.5, 0.6) is 0 Å². The minimum atomic E-state index is -1.41. The zero-order valence-electron chi connectivity index (χ0n) is 4.68. The second kappa shape index (κ2) is 3.71. The number of methoxy groups -OCH3 is 1. The second-order valence-electron chi connectivity index (χ2n) is 1.13. The molecule has 9 heavy (non-hydrogen) atoms. The number of azide groups is 1. The van der Waals surface area contributed by atoms with Crippen molar-refractivity contribution in [3.8, 4) is 0 Å². The number of carboxylic acids is 1. The van der Waals surface area contributed by atoms with Crippen molar-refractivity contribution in [1.29, 1.82) is 0 Å². The van der Waals surface area contributed by atoms with Crippen LogP contribution >= 0.6 is 0 Å². The van der Waals surface area contributed by atoms with Gasteiger partial charge < -0.3 is 9.84 Å². The number of ether oxygens (including phenoxy) is 1. The van der Waals surface area contributed by atoms with E-state index in [0.717, 1.165) is 7.11 Å². The Morgan fingerprint density at radius 3 is 2.67 bits per heavy atom. The molecule has 0 bridgehead atoms. The van der Waals surface area contributed by atoms with Crippen molar-refractivity contribution in [1.82, 2.24) is 0 Å². The summed E-state index contributed by atoms with van der Waals surface area (Å²) in [4.78, 5) is 12.2. The molecule has 0 heterocycles. The lowest BCUT2D eigenvalue weighted by molar-refractivity contribution is -0.147. The van der Waals surface area contributed by atoms with Gasteiger partial charge in [0.25, 0.3) is 0 Å². The molecular formula is C3H5N3O3. The maximum Gasteiger partial charge on any atom is 0.339 e. The smallest absolute Gasteiger partial charge is 0.339 e. The molecule has 0 aromatic heterocycles. The van der Waals surface area contributed by atoms with Crippen LogP contribution in [0.4, 0.5) is 0 Å². The molecule has 0 aromatic rings. The summed E-state index contributed by atoms with van der Waals surface area (Å²) in [6.45, 7) is 0. The van der Waals surface area contributed by atoms with Crippen molar-refractivity contribution < 1.29 is 14.6 Å². The molecule has 1 N–H and O–H groups in total. The Hall–Kier alpha value is -1.26. The molecule has 0 saturated heterocycles. The summed E-state index contributed by atoms with van der Waals surface area (Å²) < 4.78 is 4.23. The van der Waals surface area contributed by atoms with Crippen LogP contribution < -0.4 is 0 Å². The van der Waals surface area contributed by atoms with E-state index < -0.39 is 12.2 Å². The van der Waals surface area contributed by atoms with Crippen LogP contribution in [0.25, 0.3) is 10.4 Å². The normalized spacial score (nSPS) is 11.7. The van der Waals surface area contributed by atoms with Gasteiger partial charge in [-0.25, -0.2) is 4.79 Å². The number of rotatable bonds is 3. The van der Waals surface area contributed by atoms with Gasteiger partial charge in [-0.1, -0.05) is 5.11 Å². The van der Waals surface area contributed by atoms with Gasteiger partial charge in [0.1, 0.15) is 0 Å². The van der Waals surface area contributed by atoms with Crippen LogP contribution in [-0.2, 0) is 9.53 Å². The summed E-state index contributed by atoms with van der Waals surface area (Å²) >= 11 is 0. The van der Waals surface area contributed by atoms with E-state index in [-0.39, 0.29) is 0 Å². The van der Waals surface area contributed by atoms with Gasteiger partial charge in [-0.05, 0) is 5.53 Å². The van der Waals surface area contributed by atoms with Crippen molar-refractivity contribution in [2.24, 2.45) is 5.11 Å². The first kappa shape index (κ1) is 7.74. The molecule has 1 unspecified atom stereocenters. The molecule has 0 fully saturated rings. The molecule has 0 amide bonds. The topological polar surface area (TPSA) is 95.3 Å². The number of carboxylic acid groups (broad SMARTS) is 1. The number of carbonyl (C=O) groups is 1. The molecule has 0 spiro atoms. The Bertz CT molecular complexity index is 148. The highest BCUT2D eigenvalue weighted by atomic mass is 16.5. The molecule has 0 aliphatic carbocycles. The van der Waals surface area contributed by atoms with Crippen molar-refractivity contribution in [2.45, 2.75) is 6.23 Å². The van der Waals surface area contributed by atoms with Crippen LogP contribution in [0.3, 0.4) is 0 Å². The first-order valence-electron chi connectivity index (χ1n) is 2.02. The van der Waals surface area contributed by atoms with Crippen molar-refractivity contribution in [2.75, 3.05) is 7.11 Å². The summed E-state index contributed by atoms with van der Waals surface area (Å²) in [7, 11) is 1.15. The highest BCUT2D eigenvalue weighted by Gasteiger charge is 2.12. The SMILES string of the molecule is COC(N=[N+]=[N-])C(=O)O. The quantitative estimate of drug-likeness (QED) is 0.340. The molecular weight excluding hydrogens is 126 g/mol. The summed E-state index contributed by atoms with van der Waals surface area (Å²) in [5.74, 6) is -1.30. The van der Waals surface area contributed by atoms with Gasteiger partial charge in [-0.15, -0.1) is 0 Å². The number of hydrogen-bond acceptors (Lipinski definition) is 3. The standard InChI is InChI=1S/C3H5N3O3/c1-9-2(3(7)8)5-6-4/h2H,1H3,(H,7,8). The minimum Gasteiger partial charge on any atom is -0.479 e. The number of hydrogen-bond donors (Lipinski definition) is 1. The van der Waals surface area contributed by atoms with E-state index >= 15 is 0 Å². The van der Waals surface area contributed by atoms with E-state index in [1.807, 2.05) is 0 Å². The molecule has 0 aliphatic heterocycles. The third-order valence-corrected chi connectivity index (χ3v) is 0.591. The van der Waals surface area contributed by atoms with Gasteiger partial charge in [0.15, 0.2) is 0 Å². The Morgan fingerprint density at radius 1 is 2.00 bits per heavy atom. The Kier molecular flexibility index (Phi) is 3.19. The molecule has 6 heteroatoms. The molecule has 0 radical (unpaired) electrons. The van der Waals surface area contributed by atoms with Gasteiger partial charge in [0.2, 0.25) is 6.23 Å². The van der Waals surface area contributed by atoms with E-state index in [4.69, 9.17) is 10.6 Å². The zero-order chi connectivity index (χ0) is 7.28. The molecule has 50 valence electrons. The molecule has 0 aromatic carbocycles. The number of nitrogens with zero attached hydrogens (tertiary/aromatic N) is 3. The summed E-state index contributed by atoms with van der Waals surface area (Å²) in [6.07, 6.45) is -1.41. The van der Waals surface area contributed by atoms with Crippen molar-refractivity contribution >= 4 is 5.97 Å². The second-order valence-corrected chi connectivity index (χ2v) is 1.13. The highest BCUT2D eigenvalue weighted by Crippen LogP contribution is 1.90. The third-order valence-electron chi connectivity index (χ3n) is 0.591. The predicted octanol–water partition coefficient (Wildman–Crippen LogP) is 0.354. The van der Waals surface area contributed by atoms with Crippen LogP contribution in [0, 0.1) is 0 Å². The van der Waals surface area contributed by atoms with Crippen molar-refractivity contribution in [3.05, 3.63) is 10.4 Å².